The number of aromatic hydroxyl groups is 1. The Bertz CT molecular complexity index is 1350. The number of piperidine rings is 1. The van der Waals surface area contributed by atoms with Crippen molar-refractivity contribution in [2.45, 2.75) is 32.6 Å². The molecule has 7 nitrogen and oxygen atoms in total. The average molecular weight is 445 g/mol. The van der Waals surface area contributed by atoms with Gasteiger partial charge in [0.25, 0.3) is 5.56 Å². The van der Waals surface area contributed by atoms with Crippen LogP contribution in [-0.4, -0.2) is 39.9 Å². The van der Waals surface area contributed by atoms with Gasteiger partial charge < -0.3 is 19.7 Å². The number of benzene rings is 2. The number of anilines is 1. The molecule has 1 fully saturated rings. The van der Waals surface area contributed by atoms with Gasteiger partial charge in [0.05, 0.1) is 7.11 Å². The number of phenolic OH excluding ortho intramolecular Hbond substituents is 1. The first-order valence-corrected chi connectivity index (χ1v) is 11.4. The molecule has 4 aromatic rings. The molecule has 0 amide bonds. The molecule has 0 aliphatic carbocycles. The van der Waals surface area contributed by atoms with E-state index in [1.165, 1.54) is 18.0 Å². The summed E-state index contributed by atoms with van der Waals surface area (Å²) in [6, 6.07) is 15.3. The van der Waals surface area contributed by atoms with Gasteiger partial charge in [0, 0.05) is 36.3 Å². The Morgan fingerprint density at radius 3 is 2.55 bits per heavy atom. The molecule has 2 N–H and O–H groups in total. The number of aromatic amines is 1. The second-order valence-corrected chi connectivity index (χ2v) is 8.59. The number of hydrogen-bond donors (Lipinski definition) is 2. The molecule has 0 spiro atoms. The summed E-state index contributed by atoms with van der Waals surface area (Å²) >= 11 is 0. The molecule has 1 aliphatic rings. The van der Waals surface area contributed by atoms with E-state index in [1.54, 1.807) is 12.1 Å². The Balaban J connectivity index is 1.66. The fourth-order valence-electron chi connectivity index (χ4n) is 4.68. The molecule has 1 aliphatic heterocycles. The Hall–Kier alpha value is -3.74. The zero-order valence-electron chi connectivity index (χ0n) is 19.0. The molecule has 2 aromatic carbocycles. The summed E-state index contributed by atoms with van der Waals surface area (Å²) in [7, 11) is 1.51. The van der Waals surface area contributed by atoms with Crippen molar-refractivity contribution in [2.24, 2.45) is 0 Å². The molecule has 7 heteroatoms. The summed E-state index contributed by atoms with van der Waals surface area (Å²) in [6.07, 6.45) is 3.88. The van der Waals surface area contributed by atoms with Crippen LogP contribution in [0.15, 0.2) is 53.3 Å². The molecule has 2 aromatic heterocycles. The number of nitrogens with zero attached hydrogens (tertiary/aromatic N) is 3. The van der Waals surface area contributed by atoms with Gasteiger partial charge in [-0.2, -0.15) is 9.61 Å². The second kappa shape index (κ2) is 8.65. The van der Waals surface area contributed by atoms with Crippen molar-refractivity contribution in [1.82, 2.24) is 14.6 Å². The van der Waals surface area contributed by atoms with E-state index < -0.39 is 0 Å². The van der Waals surface area contributed by atoms with E-state index in [4.69, 9.17) is 9.84 Å². The predicted molar refractivity (Wildman–Crippen MR) is 130 cm³/mol. The molecule has 0 radical (unpaired) electrons. The van der Waals surface area contributed by atoms with Crippen molar-refractivity contribution in [3.63, 3.8) is 0 Å². The number of aromatic nitrogens is 3. The molecule has 0 bridgehead atoms. The highest BCUT2D eigenvalue weighted by atomic mass is 16.5. The van der Waals surface area contributed by atoms with Crippen molar-refractivity contribution in [3.05, 3.63) is 75.7 Å². The third-order valence-electron chi connectivity index (χ3n) is 6.41. The maximum Gasteiger partial charge on any atom is 0.278 e. The largest absolute Gasteiger partial charge is 0.504 e. The van der Waals surface area contributed by atoms with Gasteiger partial charge >= 0.3 is 0 Å². The van der Waals surface area contributed by atoms with E-state index in [1.807, 2.05) is 43.3 Å². The highest BCUT2D eigenvalue weighted by Crippen LogP contribution is 2.35. The van der Waals surface area contributed by atoms with Crippen molar-refractivity contribution >= 4 is 11.3 Å². The summed E-state index contributed by atoms with van der Waals surface area (Å²) in [5.74, 6) is 0.466. The lowest BCUT2D eigenvalue weighted by molar-refractivity contribution is 0.373. The topological polar surface area (TPSA) is 82.9 Å². The Kier molecular flexibility index (Phi) is 5.54. The number of nitrogens with one attached hydrogen (secondary N) is 1. The molecule has 0 saturated carbocycles. The monoisotopic (exact) mass is 444 g/mol. The molecule has 170 valence electrons. The first kappa shape index (κ1) is 21.1. The van der Waals surface area contributed by atoms with Crippen LogP contribution in [0.4, 0.5) is 5.69 Å². The van der Waals surface area contributed by atoms with Crippen LogP contribution < -0.4 is 15.2 Å². The van der Waals surface area contributed by atoms with E-state index >= 15 is 0 Å². The minimum Gasteiger partial charge on any atom is -0.504 e. The Morgan fingerprint density at radius 2 is 1.85 bits per heavy atom. The van der Waals surface area contributed by atoms with E-state index in [9.17, 15) is 9.90 Å². The van der Waals surface area contributed by atoms with Gasteiger partial charge in [-0.15, -0.1) is 0 Å². The third-order valence-corrected chi connectivity index (χ3v) is 6.41. The fraction of sp³-hybridized carbons (Fsp3) is 0.308. The minimum absolute atomic E-state index is 0.0583. The quantitative estimate of drug-likeness (QED) is 0.480. The lowest BCUT2D eigenvalue weighted by Crippen LogP contribution is -2.30. The smallest absolute Gasteiger partial charge is 0.278 e. The summed E-state index contributed by atoms with van der Waals surface area (Å²) in [5.41, 5.74) is 5.66. The SMILES string of the molecule is COc1ccc(Cc2c(C)[nH]c3c(N4CCCCC4)c(-c4ccccc4)nn3c2=O)cc1O. The number of H-pyrrole nitrogens is 1. The summed E-state index contributed by atoms with van der Waals surface area (Å²) in [6.45, 7) is 3.83. The zero-order chi connectivity index (χ0) is 22.9. The van der Waals surface area contributed by atoms with Gasteiger partial charge in [0.15, 0.2) is 17.1 Å². The molecule has 0 unspecified atom stereocenters. The van der Waals surface area contributed by atoms with Crippen LogP contribution in [-0.2, 0) is 6.42 Å². The lowest BCUT2D eigenvalue weighted by Gasteiger charge is -2.28. The van der Waals surface area contributed by atoms with E-state index in [0.29, 0.717) is 17.7 Å². The Morgan fingerprint density at radius 1 is 1.09 bits per heavy atom. The lowest BCUT2D eigenvalue weighted by atomic mass is 10.0. The molecular formula is C26H28N4O3. The van der Waals surface area contributed by atoms with E-state index in [0.717, 1.165) is 59.8 Å². The Labute approximate surface area is 192 Å². The maximum atomic E-state index is 13.6. The van der Waals surface area contributed by atoms with Crippen LogP contribution in [0, 0.1) is 6.92 Å². The van der Waals surface area contributed by atoms with Gasteiger partial charge in [-0.05, 0) is 43.9 Å². The van der Waals surface area contributed by atoms with Crippen LogP contribution in [0.1, 0.15) is 36.1 Å². The molecule has 33 heavy (non-hydrogen) atoms. The number of aryl methyl sites for hydroxylation is 1. The van der Waals surface area contributed by atoms with Gasteiger partial charge in [-0.3, -0.25) is 4.79 Å². The zero-order valence-corrected chi connectivity index (χ0v) is 19.0. The van der Waals surface area contributed by atoms with Crippen LogP contribution in [0.5, 0.6) is 11.5 Å². The van der Waals surface area contributed by atoms with Crippen LogP contribution in [0.25, 0.3) is 16.9 Å². The van der Waals surface area contributed by atoms with Crippen LogP contribution in [0.3, 0.4) is 0 Å². The second-order valence-electron chi connectivity index (χ2n) is 8.59. The highest BCUT2D eigenvalue weighted by Gasteiger charge is 2.25. The number of rotatable bonds is 5. The number of ether oxygens (including phenoxy) is 1. The van der Waals surface area contributed by atoms with Gasteiger partial charge in [-0.1, -0.05) is 36.4 Å². The fourth-order valence-corrected chi connectivity index (χ4v) is 4.68. The molecule has 1 saturated heterocycles. The van der Waals surface area contributed by atoms with Crippen molar-refractivity contribution in [1.29, 1.82) is 0 Å². The van der Waals surface area contributed by atoms with Crippen LogP contribution >= 0.6 is 0 Å². The third kappa shape index (κ3) is 3.84. The normalized spacial score (nSPS) is 14.1. The van der Waals surface area contributed by atoms with E-state index in [2.05, 4.69) is 9.88 Å². The molecule has 3 heterocycles. The van der Waals surface area contributed by atoms with Crippen molar-refractivity contribution in [2.75, 3.05) is 25.1 Å². The minimum atomic E-state index is -0.142. The van der Waals surface area contributed by atoms with Gasteiger partial charge in [0.1, 0.15) is 11.4 Å². The summed E-state index contributed by atoms with van der Waals surface area (Å²) in [4.78, 5) is 19.5. The molecule has 5 rings (SSSR count). The number of methoxy groups -OCH3 is 1. The number of phenols is 1. The van der Waals surface area contributed by atoms with Crippen molar-refractivity contribution < 1.29 is 9.84 Å². The predicted octanol–water partition coefficient (Wildman–Crippen LogP) is 4.29. The molecular weight excluding hydrogens is 416 g/mol. The first-order valence-electron chi connectivity index (χ1n) is 11.4. The summed E-state index contributed by atoms with van der Waals surface area (Å²) < 4.78 is 6.65. The number of fused-ring (bicyclic) bond motifs is 1. The van der Waals surface area contributed by atoms with Crippen LogP contribution in [0.2, 0.25) is 0 Å². The highest BCUT2D eigenvalue weighted by molar-refractivity contribution is 5.86. The average Bonchev–Trinajstić information content (AvgIpc) is 3.22. The maximum absolute atomic E-state index is 13.6. The van der Waals surface area contributed by atoms with Gasteiger partial charge in [-0.25, -0.2) is 0 Å². The first-order chi connectivity index (χ1) is 16.1. The van der Waals surface area contributed by atoms with Gasteiger partial charge in [0.2, 0.25) is 0 Å². The summed E-state index contributed by atoms with van der Waals surface area (Å²) in [5, 5.41) is 15.0. The molecule has 0 atom stereocenters. The number of hydrogen-bond acceptors (Lipinski definition) is 5. The van der Waals surface area contributed by atoms with E-state index in [-0.39, 0.29) is 11.3 Å². The standard InChI is InChI=1S/C26H28N4O3/c1-17-20(15-18-11-12-22(33-2)21(31)16-18)26(32)30-25(27-17)24(29-13-7-4-8-14-29)23(28-30)19-9-5-3-6-10-19/h3,5-6,9-12,16,27,31H,4,7-8,13-15H2,1-2H3. The van der Waals surface area contributed by atoms with Crippen molar-refractivity contribution in [3.8, 4) is 22.8 Å².